The summed E-state index contributed by atoms with van der Waals surface area (Å²) in [7, 11) is 1.65. The first-order chi connectivity index (χ1) is 10.9. The largest absolute Gasteiger partial charge is 0.488 e. The summed E-state index contributed by atoms with van der Waals surface area (Å²) in [5, 5.41) is 3.45. The molecule has 0 unspecified atom stereocenters. The maximum Gasteiger partial charge on any atom is 0.240 e. The van der Waals surface area contributed by atoms with E-state index < -0.39 is 0 Å². The van der Waals surface area contributed by atoms with Gasteiger partial charge in [0.1, 0.15) is 11.9 Å². The van der Waals surface area contributed by atoms with Gasteiger partial charge in [0.25, 0.3) is 0 Å². The second-order valence-electron chi connectivity index (χ2n) is 5.67. The van der Waals surface area contributed by atoms with E-state index in [0.717, 1.165) is 16.0 Å². The van der Waals surface area contributed by atoms with Gasteiger partial charge in [-0.05, 0) is 31.0 Å². The highest BCUT2D eigenvalue weighted by Crippen LogP contribution is 2.30. The van der Waals surface area contributed by atoms with Gasteiger partial charge in [0.2, 0.25) is 5.91 Å². The number of halogens is 1. The summed E-state index contributed by atoms with van der Waals surface area (Å²) in [6.45, 7) is 6.46. The van der Waals surface area contributed by atoms with E-state index in [2.05, 4.69) is 26.2 Å². The molecular formula is C16H21BrN2O3S. The number of benzene rings is 1. The Labute approximate surface area is 148 Å². The van der Waals surface area contributed by atoms with Crippen LogP contribution in [-0.4, -0.2) is 35.5 Å². The van der Waals surface area contributed by atoms with Crippen molar-refractivity contribution in [3.8, 4) is 5.75 Å². The lowest BCUT2D eigenvalue weighted by atomic mass is 10.1. The summed E-state index contributed by atoms with van der Waals surface area (Å²) >= 11 is 4.83. The molecular weight excluding hydrogens is 380 g/mol. The van der Waals surface area contributed by atoms with Gasteiger partial charge in [0, 0.05) is 7.11 Å². The SMILES string of the molecule is COC[C@H](C)Oc1ccc2nc(NC(=O)[C@H](Br)C(C)C)sc2c1. The van der Waals surface area contributed by atoms with Gasteiger partial charge in [-0.25, -0.2) is 4.98 Å². The Bertz CT molecular complexity index is 674. The Morgan fingerprint density at radius 1 is 1.39 bits per heavy atom. The van der Waals surface area contributed by atoms with E-state index in [-0.39, 0.29) is 22.8 Å². The van der Waals surface area contributed by atoms with Crippen LogP contribution in [-0.2, 0) is 9.53 Å². The van der Waals surface area contributed by atoms with Gasteiger partial charge in [0.15, 0.2) is 5.13 Å². The smallest absolute Gasteiger partial charge is 0.240 e. The average Bonchev–Trinajstić information content (AvgIpc) is 2.87. The number of ether oxygens (including phenoxy) is 2. The molecule has 5 nitrogen and oxygen atoms in total. The van der Waals surface area contributed by atoms with E-state index in [1.165, 1.54) is 11.3 Å². The molecule has 2 rings (SSSR count). The molecule has 0 spiro atoms. The zero-order chi connectivity index (χ0) is 17.0. The molecule has 0 fully saturated rings. The van der Waals surface area contributed by atoms with Crippen LogP contribution in [0.4, 0.5) is 5.13 Å². The third kappa shape index (κ3) is 4.89. The number of nitrogens with one attached hydrogen (secondary N) is 1. The predicted molar refractivity (Wildman–Crippen MR) is 97.8 cm³/mol. The number of thiazole rings is 1. The molecule has 0 saturated carbocycles. The van der Waals surface area contributed by atoms with Gasteiger partial charge >= 0.3 is 0 Å². The van der Waals surface area contributed by atoms with E-state index >= 15 is 0 Å². The Kier molecular flexibility index (Phi) is 6.38. The van der Waals surface area contributed by atoms with Crippen molar-refractivity contribution in [1.82, 2.24) is 4.98 Å². The molecule has 2 atom stereocenters. The number of fused-ring (bicyclic) bond motifs is 1. The second-order valence-corrected chi connectivity index (χ2v) is 7.68. The van der Waals surface area contributed by atoms with Crippen LogP contribution in [0.5, 0.6) is 5.75 Å². The summed E-state index contributed by atoms with van der Waals surface area (Å²) in [4.78, 5) is 16.3. The van der Waals surface area contributed by atoms with Crippen molar-refractivity contribution in [3.05, 3.63) is 18.2 Å². The highest BCUT2D eigenvalue weighted by Gasteiger charge is 2.20. The molecule has 1 aromatic heterocycles. The minimum absolute atomic E-state index is 0.0234. The number of carbonyl (C=O) groups is 1. The van der Waals surface area contributed by atoms with Crippen LogP contribution < -0.4 is 10.1 Å². The van der Waals surface area contributed by atoms with Gasteiger partial charge in [-0.2, -0.15) is 0 Å². The van der Waals surface area contributed by atoms with E-state index in [1.807, 2.05) is 39.0 Å². The van der Waals surface area contributed by atoms with Crippen molar-refractivity contribution >= 4 is 48.5 Å². The fraction of sp³-hybridized carbons (Fsp3) is 0.500. The quantitative estimate of drug-likeness (QED) is 0.711. The fourth-order valence-corrected chi connectivity index (χ4v) is 3.02. The molecule has 0 saturated heterocycles. The van der Waals surface area contributed by atoms with E-state index in [9.17, 15) is 4.79 Å². The summed E-state index contributed by atoms with van der Waals surface area (Å²) in [6, 6.07) is 5.70. The standard InChI is InChI=1S/C16H21BrN2O3S/c1-9(2)14(17)15(20)19-16-18-12-6-5-11(7-13(12)23-16)22-10(3)8-21-4/h5-7,9-10,14H,8H2,1-4H3,(H,18,19,20)/t10-,14+/m0/s1. The molecule has 1 amide bonds. The summed E-state index contributed by atoms with van der Waals surface area (Å²) in [5.41, 5.74) is 0.840. The zero-order valence-corrected chi connectivity index (χ0v) is 16.0. The van der Waals surface area contributed by atoms with Crippen molar-refractivity contribution in [2.75, 3.05) is 19.0 Å². The second kappa shape index (κ2) is 8.08. The lowest BCUT2D eigenvalue weighted by molar-refractivity contribution is -0.116. The lowest BCUT2D eigenvalue weighted by Crippen LogP contribution is -2.26. The third-order valence-electron chi connectivity index (χ3n) is 3.16. The number of carbonyl (C=O) groups excluding carboxylic acids is 1. The number of hydrogen-bond donors (Lipinski definition) is 1. The normalized spacial score (nSPS) is 14.0. The minimum atomic E-state index is -0.233. The van der Waals surface area contributed by atoms with Crippen molar-refractivity contribution < 1.29 is 14.3 Å². The van der Waals surface area contributed by atoms with Gasteiger partial charge in [-0.1, -0.05) is 41.1 Å². The number of rotatable bonds is 7. The third-order valence-corrected chi connectivity index (χ3v) is 5.57. The molecule has 1 aromatic carbocycles. The highest BCUT2D eigenvalue weighted by atomic mass is 79.9. The van der Waals surface area contributed by atoms with Crippen LogP contribution in [0.15, 0.2) is 18.2 Å². The molecule has 7 heteroatoms. The summed E-state index contributed by atoms with van der Waals surface area (Å²) in [5.74, 6) is 0.903. The number of anilines is 1. The van der Waals surface area contributed by atoms with Crippen molar-refractivity contribution in [2.45, 2.75) is 31.7 Å². The van der Waals surface area contributed by atoms with Gasteiger partial charge in [-0.15, -0.1) is 0 Å². The minimum Gasteiger partial charge on any atom is -0.488 e. The van der Waals surface area contributed by atoms with Crippen LogP contribution in [0.1, 0.15) is 20.8 Å². The van der Waals surface area contributed by atoms with Crippen molar-refractivity contribution in [3.63, 3.8) is 0 Å². The van der Waals surface area contributed by atoms with Crippen LogP contribution in [0.3, 0.4) is 0 Å². The Morgan fingerprint density at radius 3 is 2.78 bits per heavy atom. The number of aromatic nitrogens is 1. The average molecular weight is 401 g/mol. The number of alkyl halides is 1. The predicted octanol–water partition coefficient (Wildman–Crippen LogP) is 4.07. The van der Waals surface area contributed by atoms with Crippen molar-refractivity contribution in [2.24, 2.45) is 5.92 Å². The first kappa shape index (κ1) is 18.2. The Balaban J connectivity index is 2.11. The zero-order valence-electron chi connectivity index (χ0n) is 13.6. The van der Waals surface area contributed by atoms with Crippen LogP contribution in [0.25, 0.3) is 10.2 Å². The molecule has 0 radical (unpaired) electrons. The molecule has 0 aliphatic carbocycles. The van der Waals surface area contributed by atoms with Gasteiger partial charge < -0.3 is 14.8 Å². The molecule has 0 bridgehead atoms. The Morgan fingerprint density at radius 2 is 2.13 bits per heavy atom. The monoisotopic (exact) mass is 400 g/mol. The molecule has 0 aliphatic rings. The topological polar surface area (TPSA) is 60.5 Å². The summed E-state index contributed by atoms with van der Waals surface area (Å²) in [6.07, 6.45) is -0.0234. The van der Waals surface area contributed by atoms with Crippen LogP contribution in [0.2, 0.25) is 0 Å². The maximum absolute atomic E-state index is 12.1. The van der Waals surface area contributed by atoms with Crippen LogP contribution >= 0.6 is 27.3 Å². The molecule has 0 aliphatic heterocycles. The van der Waals surface area contributed by atoms with Gasteiger partial charge in [0.05, 0.1) is 21.7 Å². The van der Waals surface area contributed by atoms with E-state index in [0.29, 0.717) is 11.7 Å². The number of methoxy groups -OCH3 is 1. The summed E-state index contributed by atoms with van der Waals surface area (Å²) < 4.78 is 11.8. The molecule has 23 heavy (non-hydrogen) atoms. The molecule has 1 N–H and O–H groups in total. The molecule has 126 valence electrons. The molecule has 2 aromatic rings. The number of amides is 1. The Hall–Kier alpha value is -1.18. The fourth-order valence-electron chi connectivity index (χ4n) is 2.01. The van der Waals surface area contributed by atoms with E-state index in [4.69, 9.17) is 9.47 Å². The first-order valence-electron chi connectivity index (χ1n) is 7.41. The van der Waals surface area contributed by atoms with Crippen LogP contribution in [0, 0.1) is 5.92 Å². The van der Waals surface area contributed by atoms with E-state index in [1.54, 1.807) is 7.11 Å². The lowest BCUT2D eigenvalue weighted by Gasteiger charge is -2.13. The van der Waals surface area contributed by atoms with Crippen molar-refractivity contribution in [1.29, 1.82) is 0 Å². The van der Waals surface area contributed by atoms with Gasteiger partial charge in [-0.3, -0.25) is 4.79 Å². The highest BCUT2D eigenvalue weighted by molar-refractivity contribution is 9.10. The first-order valence-corrected chi connectivity index (χ1v) is 9.15. The number of nitrogens with zero attached hydrogens (tertiary/aromatic N) is 1. The maximum atomic E-state index is 12.1. The molecule has 1 heterocycles. The number of hydrogen-bond acceptors (Lipinski definition) is 5.